The van der Waals surface area contributed by atoms with Gasteiger partial charge in [0.2, 0.25) is 0 Å². The van der Waals surface area contributed by atoms with Crippen LogP contribution in [0.5, 0.6) is 0 Å². The van der Waals surface area contributed by atoms with E-state index in [1.165, 1.54) is 4.90 Å². The number of carboxylic acids is 1. The van der Waals surface area contributed by atoms with E-state index in [1.807, 2.05) is 12.1 Å². The molecule has 0 spiro atoms. The molecule has 1 amide bonds. The van der Waals surface area contributed by atoms with Crippen molar-refractivity contribution in [2.24, 2.45) is 0 Å². The first-order valence-corrected chi connectivity index (χ1v) is 6.65. The Morgan fingerprint density at radius 2 is 2.14 bits per heavy atom. The zero-order chi connectivity index (χ0) is 15.2. The van der Waals surface area contributed by atoms with Gasteiger partial charge < -0.3 is 10.0 Å². The van der Waals surface area contributed by atoms with Crippen LogP contribution in [-0.2, 0) is 4.79 Å². The predicted octanol–water partition coefficient (Wildman–Crippen LogP) is 1.81. The summed E-state index contributed by atoms with van der Waals surface area (Å²) in [6, 6.07) is 8.99. The second kappa shape index (κ2) is 6.69. The van der Waals surface area contributed by atoms with Crippen LogP contribution in [0, 0.1) is 0 Å². The molecule has 1 N–H and O–H groups in total. The van der Waals surface area contributed by atoms with Gasteiger partial charge in [-0.05, 0) is 30.7 Å². The second-order valence-corrected chi connectivity index (χ2v) is 4.72. The number of carbonyl (C=O) groups is 2. The number of benzene rings is 1. The first-order valence-electron chi connectivity index (χ1n) is 6.65. The van der Waals surface area contributed by atoms with Gasteiger partial charge in [0, 0.05) is 38.0 Å². The van der Waals surface area contributed by atoms with Crippen molar-refractivity contribution < 1.29 is 14.7 Å². The lowest BCUT2D eigenvalue weighted by molar-refractivity contribution is -0.137. The Kier molecular flexibility index (Phi) is 4.71. The lowest BCUT2D eigenvalue weighted by Gasteiger charge is -2.17. The number of nitrogens with zero attached hydrogens (tertiary/aromatic N) is 3. The van der Waals surface area contributed by atoms with Crippen molar-refractivity contribution in [3.63, 3.8) is 0 Å². The van der Waals surface area contributed by atoms with Gasteiger partial charge in [-0.3, -0.25) is 9.59 Å². The minimum atomic E-state index is -0.850. The highest BCUT2D eigenvalue weighted by Crippen LogP contribution is 2.11. The number of amides is 1. The highest BCUT2D eigenvalue weighted by Gasteiger charge is 2.12. The maximum absolute atomic E-state index is 12.3. The fourth-order valence-corrected chi connectivity index (χ4v) is 1.99. The zero-order valence-corrected chi connectivity index (χ0v) is 11.8. The summed E-state index contributed by atoms with van der Waals surface area (Å²) < 4.78 is 1.68. The molecule has 0 aliphatic carbocycles. The van der Waals surface area contributed by atoms with Gasteiger partial charge in [-0.15, -0.1) is 0 Å². The normalized spacial score (nSPS) is 10.3. The van der Waals surface area contributed by atoms with Crippen molar-refractivity contribution >= 4 is 11.9 Å². The number of carboxylic acid groups (broad SMARTS) is 1. The molecule has 6 heteroatoms. The maximum atomic E-state index is 12.3. The summed E-state index contributed by atoms with van der Waals surface area (Å²) in [6.45, 7) is 0.414. The standard InChI is InChI=1S/C15H17N3O3/c1-17(9-3-7-14(19)20)15(21)12-5-2-6-13(11-12)18-10-4-8-16-18/h2,4-6,8,10-11H,3,7,9H2,1H3,(H,19,20). The molecule has 21 heavy (non-hydrogen) atoms. The van der Waals surface area contributed by atoms with Crippen LogP contribution in [0.25, 0.3) is 5.69 Å². The highest BCUT2D eigenvalue weighted by atomic mass is 16.4. The molecule has 0 aliphatic heterocycles. The van der Waals surface area contributed by atoms with Crippen LogP contribution in [0.15, 0.2) is 42.7 Å². The van der Waals surface area contributed by atoms with Gasteiger partial charge in [0.15, 0.2) is 0 Å². The lowest BCUT2D eigenvalue weighted by Crippen LogP contribution is -2.28. The Morgan fingerprint density at radius 3 is 2.81 bits per heavy atom. The van der Waals surface area contributed by atoms with Gasteiger partial charge >= 0.3 is 5.97 Å². The van der Waals surface area contributed by atoms with E-state index in [4.69, 9.17) is 5.11 Å². The smallest absolute Gasteiger partial charge is 0.303 e. The molecule has 0 atom stereocenters. The summed E-state index contributed by atoms with van der Waals surface area (Å²) in [4.78, 5) is 24.3. The van der Waals surface area contributed by atoms with Crippen LogP contribution in [0.1, 0.15) is 23.2 Å². The zero-order valence-electron chi connectivity index (χ0n) is 11.8. The molecule has 0 radical (unpaired) electrons. The largest absolute Gasteiger partial charge is 0.481 e. The molecule has 2 aromatic rings. The van der Waals surface area contributed by atoms with E-state index in [1.54, 1.807) is 42.3 Å². The number of aliphatic carboxylic acids is 1. The Morgan fingerprint density at radius 1 is 1.33 bits per heavy atom. The third-order valence-electron chi connectivity index (χ3n) is 3.09. The lowest BCUT2D eigenvalue weighted by atomic mass is 10.1. The van der Waals surface area contributed by atoms with Gasteiger partial charge in [-0.2, -0.15) is 5.10 Å². The van der Waals surface area contributed by atoms with Gasteiger partial charge in [-0.25, -0.2) is 4.68 Å². The van der Waals surface area contributed by atoms with Crippen molar-refractivity contribution in [1.82, 2.24) is 14.7 Å². The number of carbonyl (C=O) groups excluding carboxylic acids is 1. The van der Waals surface area contributed by atoms with Crippen LogP contribution in [0.3, 0.4) is 0 Å². The molecule has 0 saturated carbocycles. The summed E-state index contributed by atoms with van der Waals surface area (Å²) >= 11 is 0. The average Bonchev–Trinajstić information content (AvgIpc) is 3.00. The van der Waals surface area contributed by atoms with E-state index in [9.17, 15) is 9.59 Å². The molecule has 1 heterocycles. The van der Waals surface area contributed by atoms with Crippen molar-refractivity contribution in [3.05, 3.63) is 48.3 Å². The van der Waals surface area contributed by atoms with Crippen LogP contribution < -0.4 is 0 Å². The van der Waals surface area contributed by atoms with Crippen LogP contribution >= 0.6 is 0 Å². The van der Waals surface area contributed by atoms with Gasteiger partial charge in [0.05, 0.1) is 5.69 Å². The molecule has 0 saturated heterocycles. The van der Waals surface area contributed by atoms with E-state index >= 15 is 0 Å². The van der Waals surface area contributed by atoms with E-state index in [2.05, 4.69) is 5.10 Å². The Hall–Kier alpha value is -2.63. The molecule has 1 aromatic heterocycles. The maximum Gasteiger partial charge on any atom is 0.303 e. The van der Waals surface area contributed by atoms with Crippen molar-refractivity contribution in [2.45, 2.75) is 12.8 Å². The van der Waals surface area contributed by atoms with Crippen LogP contribution in [0.2, 0.25) is 0 Å². The number of aromatic nitrogens is 2. The van der Waals surface area contributed by atoms with E-state index in [0.717, 1.165) is 5.69 Å². The molecule has 110 valence electrons. The fourth-order valence-electron chi connectivity index (χ4n) is 1.99. The summed E-state index contributed by atoms with van der Waals surface area (Å²) in [5.41, 5.74) is 1.37. The first kappa shape index (κ1) is 14.8. The number of hydrogen-bond donors (Lipinski definition) is 1. The van der Waals surface area contributed by atoms with Gasteiger partial charge in [0.25, 0.3) is 5.91 Å². The molecule has 1 aromatic carbocycles. The molecule has 0 aliphatic rings. The SMILES string of the molecule is CN(CCCC(=O)O)C(=O)c1cccc(-n2cccn2)c1. The van der Waals surface area contributed by atoms with Crippen LogP contribution in [0.4, 0.5) is 0 Å². The molecular weight excluding hydrogens is 270 g/mol. The third kappa shape index (κ3) is 3.92. The van der Waals surface area contributed by atoms with Crippen LogP contribution in [-0.4, -0.2) is 45.3 Å². The minimum absolute atomic E-state index is 0.0605. The molecule has 2 rings (SSSR count). The fraction of sp³-hybridized carbons (Fsp3) is 0.267. The Balaban J connectivity index is 2.05. The van der Waals surface area contributed by atoms with Gasteiger partial charge in [0.1, 0.15) is 0 Å². The van der Waals surface area contributed by atoms with Gasteiger partial charge in [-0.1, -0.05) is 6.07 Å². The molecule has 0 bridgehead atoms. The predicted molar refractivity (Wildman–Crippen MR) is 77.4 cm³/mol. The summed E-state index contributed by atoms with van der Waals surface area (Å²) in [5, 5.41) is 12.7. The summed E-state index contributed by atoms with van der Waals surface area (Å²) in [6.07, 6.45) is 3.98. The van der Waals surface area contributed by atoms with Crippen molar-refractivity contribution in [1.29, 1.82) is 0 Å². The molecular formula is C15H17N3O3. The van der Waals surface area contributed by atoms with E-state index in [-0.39, 0.29) is 12.3 Å². The second-order valence-electron chi connectivity index (χ2n) is 4.72. The topological polar surface area (TPSA) is 75.4 Å². The van der Waals surface area contributed by atoms with Crippen molar-refractivity contribution in [2.75, 3.05) is 13.6 Å². The average molecular weight is 287 g/mol. The molecule has 0 unspecified atom stereocenters. The summed E-state index contributed by atoms with van der Waals surface area (Å²) in [7, 11) is 1.67. The number of hydrogen-bond acceptors (Lipinski definition) is 3. The highest BCUT2D eigenvalue weighted by molar-refractivity contribution is 5.94. The van der Waals surface area contributed by atoms with E-state index in [0.29, 0.717) is 18.5 Å². The monoisotopic (exact) mass is 287 g/mol. The van der Waals surface area contributed by atoms with Crippen molar-refractivity contribution in [3.8, 4) is 5.69 Å². The molecule has 6 nitrogen and oxygen atoms in total. The Bertz CT molecular complexity index is 623. The van der Waals surface area contributed by atoms with E-state index < -0.39 is 5.97 Å². The minimum Gasteiger partial charge on any atom is -0.481 e. The third-order valence-corrected chi connectivity index (χ3v) is 3.09. The summed E-state index contributed by atoms with van der Waals surface area (Å²) in [5.74, 6) is -0.981. The quantitative estimate of drug-likeness (QED) is 0.879. The first-order chi connectivity index (χ1) is 10.1. The molecule has 0 fully saturated rings. The Labute approximate surface area is 122 Å². The number of rotatable bonds is 6.